The number of benzene rings is 1. The van der Waals surface area contributed by atoms with Crippen LogP contribution in [0.2, 0.25) is 0 Å². The summed E-state index contributed by atoms with van der Waals surface area (Å²) in [6.45, 7) is 3.09. The van der Waals surface area contributed by atoms with Gasteiger partial charge in [-0.05, 0) is 38.8 Å². The second-order valence-corrected chi connectivity index (χ2v) is 5.89. The fourth-order valence-corrected chi connectivity index (χ4v) is 2.66. The number of carboxylic acids is 1. The molecule has 1 fully saturated rings. The van der Waals surface area contributed by atoms with Crippen molar-refractivity contribution < 1.29 is 24.2 Å². The monoisotopic (exact) mass is 318 g/mol. The van der Waals surface area contributed by atoms with Gasteiger partial charge in [0.1, 0.15) is 6.04 Å². The summed E-state index contributed by atoms with van der Waals surface area (Å²) < 4.78 is 5.58. The summed E-state index contributed by atoms with van der Waals surface area (Å²) >= 11 is 0. The summed E-state index contributed by atoms with van der Waals surface area (Å²) in [5, 5.41) is 11.9. The van der Waals surface area contributed by atoms with Gasteiger partial charge in [-0.25, -0.2) is 4.79 Å². The molecule has 1 heterocycles. The Morgan fingerprint density at radius 3 is 2.70 bits per heavy atom. The first-order valence-corrected chi connectivity index (χ1v) is 7.56. The van der Waals surface area contributed by atoms with Gasteiger partial charge in [-0.2, -0.15) is 0 Å². The van der Waals surface area contributed by atoms with Crippen molar-refractivity contribution in [3.63, 3.8) is 0 Å². The minimum atomic E-state index is -1.04. The van der Waals surface area contributed by atoms with E-state index in [1.54, 1.807) is 25.1 Å². The maximum Gasteiger partial charge on any atom is 0.326 e. The average Bonchev–Trinajstić information content (AvgIpc) is 3.32. The van der Waals surface area contributed by atoms with Crippen LogP contribution >= 0.6 is 0 Å². The molecule has 1 aromatic carbocycles. The number of carboxylic acid groups (broad SMARTS) is 1. The van der Waals surface area contributed by atoms with Gasteiger partial charge in [0.2, 0.25) is 0 Å². The lowest BCUT2D eigenvalue weighted by atomic mass is 10.1. The smallest absolute Gasteiger partial charge is 0.326 e. The third-order valence-electron chi connectivity index (χ3n) is 4.12. The van der Waals surface area contributed by atoms with Crippen LogP contribution in [-0.4, -0.2) is 46.0 Å². The zero-order valence-corrected chi connectivity index (χ0v) is 12.9. The minimum absolute atomic E-state index is 0.0555. The second-order valence-electron chi connectivity index (χ2n) is 5.89. The number of carbonyl (C=O) groups is 3. The van der Waals surface area contributed by atoms with E-state index in [0.29, 0.717) is 11.4 Å². The van der Waals surface area contributed by atoms with Crippen molar-refractivity contribution in [3.05, 3.63) is 23.8 Å². The minimum Gasteiger partial charge on any atom is -0.480 e. The van der Waals surface area contributed by atoms with Gasteiger partial charge in [-0.1, -0.05) is 6.07 Å². The van der Waals surface area contributed by atoms with Crippen LogP contribution in [0, 0.1) is 0 Å². The number of ether oxygens (including phenoxy) is 1. The van der Waals surface area contributed by atoms with Gasteiger partial charge >= 0.3 is 5.97 Å². The number of para-hydroxylation sites is 1. The molecule has 0 spiro atoms. The van der Waals surface area contributed by atoms with Gasteiger partial charge < -0.3 is 20.1 Å². The summed E-state index contributed by atoms with van der Waals surface area (Å²) in [7, 11) is 0. The summed E-state index contributed by atoms with van der Waals surface area (Å²) in [5.74, 6) is -1.41. The van der Waals surface area contributed by atoms with E-state index in [1.165, 1.54) is 11.8 Å². The first-order valence-electron chi connectivity index (χ1n) is 7.56. The molecule has 1 aliphatic carbocycles. The molecule has 3 rings (SSSR count). The lowest BCUT2D eigenvalue weighted by molar-refractivity contribution is -0.141. The molecule has 23 heavy (non-hydrogen) atoms. The highest BCUT2D eigenvalue weighted by atomic mass is 16.5. The molecule has 2 aliphatic rings. The highest BCUT2D eigenvalue weighted by Crippen LogP contribution is 2.37. The SMILES string of the molecule is CC1Oc2c(cccc2C(=O)N(C2CC2)C(C)C(=O)O)NC1=O. The van der Waals surface area contributed by atoms with E-state index in [1.807, 2.05) is 0 Å². The average molecular weight is 318 g/mol. The molecule has 2 N–H and O–H groups in total. The third-order valence-corrected chi connectivity index (χ3v) is 4.12. The molecule has 0 radical (unpaired) electrons. The van der Waals surface area contributed by atoms with Crippen molar-refractivity contribution in [1.29, 1.82) is 0 Å². The Labute approximate surface area is 133 Å². The standard InChI is InChI=1S/C16H18N2O5/c1-8(16(21)22)18(10-6-7-10)15(20)11-4-3-5-12-13(11)23-9(2)14(19)17-12/h3-5,8-10H,6-7H2,1-2H3,(H,17,19)(H,21,22). The molecule has 1 aromatic rings. The summed E-state index contributed by atoms with van der Waals surface area (Å²) in [5.41, 5.74) is 0.701. The zero-order valence-electron chi connectivity index (χ0n) is 12.9. The normalized spacial score (nSPS) is 20.8. The summed E-state index contributed by atoms with van der Waals surface area (Å²) in [6.07, 6.45) is 0.890. The maximum atomic E-state index is 12.9. The van der Waals surface area contributed by atoms with Crippen molar-refractivity contribution in [2.24, 2.45) is 0 Å². The molecule has 2 atom stereocenters. The van der Waals surface area contributed by atoms with Crippen molar-refractivity contribution in [3.8, 4) is 5.75 Å². The van der Waals surface area contributed by atoms with Gasteiger partial charge in [0, 0.05) is 6.04 Å². The molecule has 2 unspecified atom stereocenters. The fourth-order valence-electron chi connectivity index (χ4n) is 2.66. The third kappa shape index (κ3) is 2.74. The first-order chi connectivity index (χ1) is 10.9. The number of nitrogens with zero attached hydrogens (tertiary/aromatic N) is 1. The molecule has 0 saturated heterocycles. The van der Waals surface area contributed by atoms with E-state index in [9.17, 15) is 19.5 Å². The number of hydrogen-bond donors (Lipinski definition) is 2. The lowest BCUT2D eigenvalue weighted by Gasteiger charge is -2.30. The predicted molar refractivity (Wildman–Crippen MR) is 81.5 cm³/mol. The number of hydrogen-bond acceptors (Lipinski definition) is 4. The molecule has 7 heteroatoms. The lowest BCUT2D eigenvalue weighted by Crippen LogP contribution is -2.45. The van der Waals surface area contributed by atoms with Gasteiger partial charge in [-0.15, -0.1) is 0 Å². The van der Waals surface area contributed by atoms with Gasteiger partial charge in [0.15, 0.2) is 11.9 Å². The number of nitrogens with one attached hydrogen (secondary N) is 1. The number of anilines is 1. The molecular formula is C16H18N2O5. The second kappa shape index (κ2) is 5.57. The summed E-state index contributed by atoms with van der Waals surface area (Å²) in [4.78, 5) is 37.3. The quantitative estimate of drug-likeness (QED) is 0.876. The number of amides is 2. The first kappa shape index (κ1) is 15.3. The van der Waals surface area contributed by atoms with E-state index in [-0.39, 0.29) is 23.4 Å². The van der Waals surface area contributed by atoms with Crippen LogP contribution in [0.1, 0.15) is 37.0 Å². The van der Waals surface area contributed by atoms with Crippen molar-refractivity contribution in [1.82, 2.24) is 4.90 Å². The molecule has 0 aromatic heterocycles. The number of aliphatic carboxylic acids is 1. The number of fused-ring (bicyclic) bond motifs is 1. The van der Waals surface area contributed by atoms with Crippen molar-refractivity contribution in [2.75, 3.05) is 5.32 Å². The summed E-state index contributed by atoms with van der Waals surface area (Å²) in [6, 6.07) is 3.91. The predicted octanol–water partition coefficient (Wildman–Crippen LogP) is 1.48. The van der Waals surface area contributed by atoms with Crippen LogP contribution in [-0.2, 0) is 9.59 Å². The van der Waals surface area contributed by atoms with Gasteiger partial charge in [0.05, 0.1) is 11.3 Å². The van der Waals surface area contributed by atoms with Crippen molar-refractivity contribution >= 4 is 23.5 Å². The molecule has 0 bridgehead atoms. The van der Waals surface area contributed by atoms with E-state index in [2.05, 4.69) is 5.32 Å². The Morgan fingerprint density at radius 1 is 1.39 bits per heavy atom. The highest BCUT2D eigenvalue weighted by molar-refractivity contribution is 6.05. The van der Waals surface area contributed by atoms with E-state index >= 15 is 0 Å². The Kier molecular flexibility index (Phi) is 3.71. The van der Waals surface area contributed by atoms with E-state index in [0.717, 1.165) is 12.8 Å². The highest BCUT2D eigenvalue weighted by Gasteiger charge is 2.40. The van der Waals surface area contributed by atoms with Crippen LogP contribution in [0.15, 0.2) is 18.2 Å². The molecule has 1 saturated carbocycles. The largest absolute Gasteiger partial charge is 0.480 e. The van der Waals surface area contributed by atoms with Crippen LogP contribution in [0.25, 0.3) is 0 Å². The molecule has 2 amide bonds. The van der Waals surface area contributed by atoms with Crippen molar-refractivity contribution in [2.45, 2.75) is 44.9 Å². The van der Waals surface area contributed by atoms with Crippen LogP contribution in [0.5, 0.6) is 5.75 Å². The van der Waals surface area contributed by atoms with Gasteiger partial charge in [0.25, 0.3) is 11.8 Å². The van der Waals surface area contributed by atoms with Gasteiger partial charge in [-0.3, -0.25) is 9.59 Å². The maximum absolute atomic E-state index is 12.9. The zero-order chi connectivity index (χ0) is 16.7. The molecular weight excluding hydrogens is 300 g/mol. The van der Waals surface area contributed by atoms with Crippen LogP contribution in [0.4, 0.5) is 5.69 Å². The van der Waals surface area contributed by atoms with Crippen LogP contribution < -0.4 is 10.1 Å². The fraction of sp³-hybridized carbons (Fsp3) is 0.438. The Hall–Kier alpha value is -2.57. The Bertz CT molecular complexity index is 683. The molecule has 122 valence electrons. The van der Waals surface area contributed by atoms with Crippen LogP contribution in [0.3, 0.4) is 0 Å². The Balaban J connectivity index is 1.98. The van der Waals surface area contributed by atoms with E-state index in [4.69, 9.17) is 4.74 Å². The Morgan fingerprint density at radius 2 is 2.09 bits per heavy atom. The molecule has 7 nitrogen and oxygen atoms in total. The number of carbonyl (C=O) groups excluding carboxylic acids is 2. The topological polar surface area (TPSA) is 95.9 Å². The molecule has 1 aliphatic heterocycles. The van der Waals surface area contributed by atoms with E-state index < -0.39 is 18.1 Å². The number of rotatable bonds is 4.